The van der Waals surface area contributed by atoms with E-state index in [4.69, 9.17) is 14.2 Å². The topological polar surface area (TPSA) is 60.0 Å². The number of ether oxygens (including phenoxy) is 3. The SMILES string of the molecule is COc1cccc(-c2cc(C(=O)NCCc3ccc(OC4CCN(C(C)C)CC4)cc3-c3cccc(F)c3)ccc2OC)c1. The highest BCUT2D eigenvalue weighted by Crippen LogP contribution is 2.33. The second-order valence-electron chi connectivity index (χ2n) is 11.4. The summed E-state index contributed by atoms with van der Waals surface area (Å²) in [5.41, 5.74) is 4.91. The van der Waals surface area contributed by atoms with Crippen molar-refractivity contribution in [2.45, 2.75) is 45.3 Å². The van der Waals surface area contributed by atoms with Gasteiger partial charge in [-0.2, -0.15) is 0 Å². The molecular weight excluding hydrogens is 555 g/mol. The number of benzene rings is 4. The van der Waals surface area contributed by atoms with E-state index in [2.05, 4.69) is 24.1 Å². The van der Waals surface area contributed by atoms with Gasteiger partial charge >= 0.3 is 0 Å². The predicted octanol–water partition coefficient (Wildman–Crippen LogP) is 7.40. The Labute approximate surface area is 259 Å². The molecule has 4 aromatic carbocycles. The molecular formula is C37H41FN2O4. The molecule has 1 N–H and O–H groups in total. The third kappa shape index (κ3) is 7.58. The van der Waals surface area contributed by atoms with Crippen molar-refractivity contribution < 1.29 is 23.4 Å². The van der Waals surface area contributed by atoms with Crippen LogP contribution >= 0.6 is 0 Å². The highest BCUT2D eigenvalue weighted by Gasteiger charge is 2.22. The Morgan fingerprint density at radius 3 is 2.32 bits per heavy atom. The maximum atomic E-state index is 14.2. The molecule has 0 aliphatic carbocycles. The summed E-state index contributed by atoms with van der Waals surface area (Å²) in [4.78, 5) is 15.7. The molecule has 1 heterocycles. The largest absolute Gasteiger partial charge is 0.497 e. The molecule has 7 heteroatoms. The third-order valence-electron chi connectivity index (χ3n) is 8.25. The Hall–Kier alpha value is -4.36. The number of halogens is 1. The van der Waals surface area contributed by atoms with E-state index in [0.717, 1.165) is 65.2 Å². The Balaban J connectivity index is 1.30. The first-order chi connectivity index (χ1) is 21.3. The Morgan fingerprint density at radius 1 is 0.864 bits per heavy atom. The summed E-state index contributed by atoms with van der Waals surface area (Å²) in [5.74, 6) is 1.70. The van der Waals surface area contributed by atoms with Gasteiger partial charge in [0.05, 0.1) is 14.2 Å². The van der Waals surface area contributed by atoms with Gasteiger partial charge in [0.1, 0.15) is 29.2 Å². The molecule has 6 nitrogen and oxygen atoms in total. The van der Waals surface area contributed by atoms with Crippen molar-refractivity contribution in [1.29, 1.82) is 0 Å². The highest BCUT2D eigenvalue weighted by atomic mass is 19.1. The summed E-state index contributed by atoms with van der Waals surface area (Å²) in [6, 6.07) is 26.2. The monoisotopic (exact) mass is 596 g/mol. The zero-order valence-corrected chi connectivity index (χ0v) is 25.9. The minimum absolute atomic E-state index is 0.154. The van der Waals surface area contributed by atoms with Gasteiger partial charge < -0.3 is 24.4 Å². The lowest BCUT2D eigenvalue weighted by Crippen LogP contribution is -2.41. The van der Waals surface area contributed by atoms with Crippen LogP contribution in [0.4, 0.5) is 4.39 Å². The van der Waals surface area contributed by atoms with Crippen molar-refractivity contribution in [2.24, 2.45) is 0 Å². The number of nitrogens with zero attached hydrogens (tertiary/aromatic N) is 1. The summed E-state index contributed by atoms with van der Waals surface area (Å²) >= 11 is 0. The van der Waals surface area contributed by atoms with Crippen LogP contribution in [0, 0.1) is 5.82 Å². The first kappa shape index (κ1) is 31.1. The van der Waals surface area contributed by atoms with Crippen LogP contribution in [0.3, 0.4) is 0 Å². The van der Waals surface area contributed by atoms with Crippen molar-refractivity contribution in [3.05, 3.63) is 102 Å². The molecule has 1 aliphatic heterocycles. The number of piperidine rings is 1. The van der Waals surface area contributed by atoms with Crippen molar-refractivity contribution in [1.82, 2.24) is 10.2 Å². The summed E-state index contributed by atoms with van der Waals surface area (Å²) in [5, 5.41) is 3.06. The van der Waals surface area contributed by atoms with Crippen LogP contribution in [0.2, 0.25) is 0 Å². The number of carbonyl (C=O) groups excluding carboxylic acids is 1. The van der Waals surface area contributed by atoms with E-state index < -0.39 is 0 Å². The molecule has 0 unspecified atom stereocenters. The van der Waals surface area contributed by atoms with E-state index >= 15 is 0 Å². The highest BCUT2D eigenvalue weighted by molar-refractivity contribution is 5.96. The molecule has 1 saturated heterocycles. The minimum atomic E-state index is -0.291. The van der Waals surface area contributed by atoms with Crippen LogP contribution in [-0.2, 0) is 6.42 Å². The third-order valence-corrected chi connectivity index (χ3v) is 8.25. The first-order valence-corrected chi connectivity index (χ1v) is 15.2. The van der Waals surface area contributed by atoms with Gasteiger partial charge in [-0.15, -0.1) is 0 Å². The average molecular weight is 597 g/mol. The van der Waals surface area contributed by atoms with Gasteiger partial charge in [-0.3, -0.25) is 4.79 Å². The Kier molecular flexibility index (Phi) is 10.2. The molecule has 44 heavy (non-hydrogen) atoms. The Bertz CT molecular complexity index is 1580. The smallest absolute Gasteiger partial charge is 0.251 e. The molecule has 0 radical (unpaired) electrons. The van der Waals surface area contributed by atoms with Gasteiger partial charge in [0, 0.05) is 36.8 Å². The zero-order valence-electron chi connectivity index (χ0n) is 25.9. The number of amides is 1. The fourth-order valence-electron chi connectivity index (χ4n) is 5.75. The van der Waals surface area contributed by atoms with E-state index in [1.807, 2.05) is 54.6 Å². The second-order valence-corrected chi connectivity index (χ2v) is 11.4. The van der Waals surface area contributed by atoms with Crippen LogP contribution < -0.4 is 19.5 Å². The molecule has 0 bridgehead atoms. The van der Waals surface area contributed by atoms with Crippen LogP contribution in [0.1, 0.15) is 42.6 Å². The van der Waals surface area contributed by atoms with Crippen LogP contribution in [0.15, 0.2) is 84.9 Å². The van der Waals surface area contributed by atoms with Gasteiger partial charge in [-0.05, 0) is 110 Å². The maximum absolute atomic E-state index is 14.2. The van der Waals surface area contributed by atoms with Gasteiger partial charge in [0.25, 0.3) is 5.91 Å². The molecule has 5 rings (SSSR count). The summed E-state index contributed by atoms with van der Waals surface area (Å²) < 4.78 is 31.6. The zero-order chi connectivity index (χ0) is 31.1. The van der Waals surface area contributed by atoms with E-state index in [1.165, 1.54) is 6.07 Å². The molecule has 1 fully saturated rings. The van der Waals surface area contributed by atoms with Gasteiger partial charge in [-0.1, -0.05) is 30.3 Å². The van der Waals surface area contributed by atoms with Gasteiger partial charge in [0.15, 0.2) is 0 Å². The number of hydrogen-bond donors (Lipinski definition) is 1. The fraction of sp³-hybridized carbons (Fsp3) is 0.324. The molecule has 0 atom stereocenters. The van der Waals surface area contributed by atoms with Crippen LogP contribution in [0.25, 0.3) is 22.3 Å². The second kappa shape index (κ2) is 14.4. The van der Waals surface area contributed by atoms with E-state index in [9.17, 15) is 9.18 Å². The van der Waals surface area contributed by atoms with E-state index in [1.54, 1.807) is 38.5 Å². The summed E-state index contributed by atoms with van der Waals surface area (Å²) in [7, 11) is 3.23. The average Bonchev–Trinajstić information content (AvgIpc) is 3.05. The lowest BCUT2D eigenvalue weighted by molar-refractivity contribution is 0.0843. The molecule has 0 aromatic heterocycles. The molecule has 230 valence electrons. The molecule has 0 spiro atoms. The Morgan fingerprint density at radius 2 is 1.61 bits per heavy atom. The molecule has 1 aliphatic rings. The van der Waals surface area contributed by atoms with Crippen molar-refractivity contribution in [3.8, 4) is 39.5 Å². The number of likely N-dealkylation sites (tertiary alicyclic amines) is 1. The van der Waals surface area contributed by atoms with Gasteiger partial charge in [-0.25, -0.2) is 4.39 Å². The molecule has 4 aromatic rings. The fourth-order valence-corrected chi connectivity index (χ4v) is 5.75. The minimum Gasteiger partial charge on any atom is -0.497 e. The number of hydrogen-bond acceptors (Lipinski definition) is 5. The molecule has 1 amide bonds. The van der Waals surface area contributed by atoms with Crippen LogP contribution in [0.5, 0.6) is 17.2 Å². The van der Waals surface area contributed by atoms with E-state index in [0.29, 0.717) is 30.3 Å². The lowest BCUT2D eigenvalue weighted by Gasteiger charge is -2.34. The predicted molar refractivity (Wildman–Crippen MR) is 173 cm³/mol. The normalized spacial score (nSPS) is 14.0. The molecule has 0 saturated carbocycles. The number of methoxy groups -OCH3 is 2. The van der Waals surface area contributed by atoms with Gasteiger partial charge in [0.2, 0.25) is 0 Å². The van der Waals surface area contributed by atoms with Crippen LogP contribution in [-0.4, -0.2) is 56.8 Å². The van der Waals surface area contributed by atoms with Crippen molar-refractivity contribution in [3.63, 3.8) is 0 Å². The quantitative estimate of drug-likeness (QED) is 0.196. The summed E-state index contributed by atoms with van der Waals surface area (Å²) in [6.45, 7) is 6.90. The van der Waals surface area contributed by atoms with E-state index in [-0.39, 0.29) is 17.8 Å². The number of nitrogens with one attached hydrogen (secondary N) is 1. The maximum Gasteiger partial charge on any atom is 0.251 e. The lowest BCUT2D eigenvalue weighted by atomic mass is 9.97. The first-order valence-electron chi connectivity index (χ1n) is 15.2. The summed E-state index contributed by atoms with van der Waals surface area (Å²) in [6.07, 6.45) is 2.68. The standard InChI is InChI=1S/C37H41FN2O4/c1-25(2)40-19-16-31(17-20-40)44-33-13-11-26(34(24-33)27-7-5-9-30(38)21-27)15-18-39-37(41)29-12-14-36(43-4)35(23-29)28-8-6-10-32(22-28)42-3/h5-14,21-25,31H,15-20H2,1-4H3,(H,39,41). The number of rotatable bonds is 11. The van der Waals surface area contributed by atoms with Crippen molar-refractivity contribution >= 4 is 5.91 Å². The number of carbonyl (C=O) groups is 1. The van der Waals surface area contributed by atoms with Crippen molar-refractivity contribution in [2.75, 3.05) is 33.9 Å².